The van der Waals surface area contributed by atoms with Crippen molar-refractivity contribution in [3.05, 3.63) is 170 Å². The Morgan fingerprint density at radius 3 is 1.73 bits per heavy atom. The molecule has 1 aromatic heterocycles. The molecule has 0 saturated heterocycles. The van der Waals surface area contributed by atoms with Gasteiger partial charge in [-0.25, -0.2) is 9.97 Å². The molecule has 3 nitrogen and oxygen atoms in total. The van der Waals surface area contributed by atoms with Crippen LogP contribution >= 0.6 is 7.14 Å². The van der Waals surface area contributed by atoms with Crippen molar-refractivity contribution >= 4 is 28.5 Å². The van der Waals surface area contributed by atoms with Gasteiger partial charge in [-0.15, -0.1) is 0 Å². The Morgan fingerprint density at radius 2 is 0.980 bits per heavy atom. The monoisotopic (exact) mass is 646 g/mol. The van der Waals surface area contributed by atoms with Crippen molar-refractivity contribution in [2.45, 2.75) is 0 Å². The summed E-state index contributed by atoms with van der Waals surface area (Å²) < 4.78 is 14.2. The molecular weight excluding hydrogens is 615 g/mol. The predicted molar refractivity (Wildman–Crippen MR) is 205 cm³/mol. The van der Waals surface area contributed by atoms with Crippen molar-refractivity contribution < 1.29 is 4.57 Å². The zero-order chi connectivity index (χ0) is 33.0. The Morgan fingerprint density at radius 1 is 0.429 bits per heavy atom. The second-order valence-corrected chi connectivity index (χ2v) is 15.4. The van der Waals surface area contributed by atoms with Crippen molar-refractivity contribution in [1.29, 1.82) is 0 Å². The minimum atomic E-state index is -2.71. The van der Waals surface area contributed by atoms with E-state index >= 15 is 0 Å². The molecule has 1 aliphatic rings. The summed E-state index contributed by atoms with van der Waals surface area (Å²) >= 11 is 0. The Balaban J connectivity index is 1.22. The van der Waals surface area contributed by atoms with E-state index in [1.807, 2.05) is 67.3 Å². The predicted octanol–water partition coefficient (Wildman–Crippen LogP) is 10.9. The summed E-state index contributed by atoms with van der Waals surface area (Å²) in [5.74, 6) is 0.698. The molecule has 0 saturated carbocycles. The highest BCUT2D eigenvalue weighted by Gasteiger charge is 2.36. The van der Waals surface area contributed by atoms with E-state index in [1.54, 1.807) is 0 Å². The molecule has 0 fully saturated rings. The minimum Gasteiger partial charge on any atom is -0.314 e. The number of aromatic nitrogens is 2. The third-order valence-corrected chi connectivity index (χ3v) is 12.3. The summed E-state index contributed by atoms with van der Waals surface area (Å²) in [4.78, 5) is 10.0. The fraction of sp³-hybridized carbons (Fsp3) is 0.0222. The SMILES string of the molecule is CP1(=O)c2ccccc2-c2c(-c3ccc4ccccc4c3-c3ccc(-c4cc(-c5ccccc5)nc(-c5ccccc5)n4)cc3)cccc21. The van der Waals surface area contributed by atoms with Gasteiger partial charge in [0.2, 0.25) is 0 Å². The number of fused-ring (bicyclic) bond motifs is 4. The van der Waals surface area contributed by atoms with Crippen LogP contribution < -0.4 is 10.6 Å². The Kier molecular flexibility index (Phi) is 6.97. The first kappa shape index (κ1) is 29.3. The van der Waals surface area contributed by atoms with E-state index in [-0.39, 0.29) is 0 Å². The first-order valence-corrected chi connectivity index (χ1v) is 18.7. The van der Waals surface area contributed by atoms with Crippen LogP contribution in [0.1, 0.15) is 0 Å². The van der Waals surface area contributed by atoms with Crippen molar-refractivity contribution in [3.8, 4) is 67.3 Å². The largest absolute Gasteiger partial charge is 0.314 e. The van der Waals surface area contributed by atoms with Gasteiger partial charge in [0, 0.05) is 32.9 Å². The van der Waals surface area contributed by atoms with Crippen LogP contribution in [0.4, 0.5) is 0 Å². The lowest BCUT2D eigenvalue weighted by Crippen LogP contribution is -2.08. The summed E-state index contributed by atoms with van der Waals surface area (Å²) in [6.07, 6.45) is 0. The van der Waals surface area contributed by atoms with Crippen molar-refractivity contribution in [3.63, 3.8) is 0 Å². The number of rotatable bonds is 5. The van der Waals surface area contributed by atoms with Crippen LogP contribution in [0.3, 0.4) is 0 Å². The van der Waals surface area contributed by atoms with Gasteiger partial charge in [-0.05, 0) is 51.3 Å². The van der Waals surface area contributed by atoms with Crippen LogP contribution in [0.2, 0.25) is 0 Å². The Hall–Kier alpha value is -5.89. The number of nitrogens with zero attached hydrogens (tertiary/aromatic N) is 2. The van der Waals surface area contributed by atoms with E-state index in [0.29, 0.717) is 5.82 Å². The Bertz CT molecular complexity index is 2520. The summed E-state index contributed by atoms with van der Waals surface area (Å²) in [7, 11) is -2.71. The zero-order valence-corrected chi connectivity index (χ0v) is 27.8. The van der Waals surface area contributed by atoms with Gasteiger partial charge in [0.05, 0.1) is 11.4 Å². The highest BCUT2D eigenvalue weighted by molar-refractivity contribution is 7.79. The molecule has 232 valence electrons. The van der Waals surface area contributed by atoms with E-state index in [0.717, 1.165) is 72.1 Å². The molecule has 0 radical (unpaired) electrons. The van der Waals surface area contributed by atoms with Gasteiger partial charge >= 0.3 is 0 Å². The van der Waals surface area contributed by atoms with Crippen LogP contribution in [0.25, 0.3) is 78.1 Å². The summed E-state index contributed by atoms with van der Waals surface area (Å²) in [5.41, 5.74) is 11.4. The van der Waals surface area contributed by atoms with Gasteiger partial charge < -0.3 is 4.57 Å². The molecule has 1 aliphatic heterocycles. The normalized spacial score (nSPS) is 14.8. The first-order valence-electron chi connectivity index (χ1n) is 16.5. The third kappa shape index (κ3) is 4.94. The number of benzene rings is 7. The molecule has 0 N–H and O–H groups in total. The topological polar surface area (TPSA) is 42.9 Å². The molecule has 0 bridgehead atoms. The molecule has 9 rings (SSSR count). The highest BCUT2D eigenvalue weighted by Crippen LogP contribution is 2.53. The second-order valence-electron chi connectivity index (χ2n) is 12.6. The third-order valence-electron chi connectivity index (χ3n) is 9.65. The van der Waals surface area contributed by atoms with Crippen molar-refractivity contribution in [1.82, 2.24) is 9.97 Å². The lowest BCUT2D eigenvalue weighted by molar-refractivity contribution is 0.591. The molecule has 8 aromatic rings. The van der Waals surface area contributed by atoms with Crippen LogP contribution in [0, 0.1) is 0 Å². The van der Waals surface area contributed by atoms with Crippen LogP contribution in [-0.4, -0.2) is 16.6 Å². The molecule has 4 heteroatoms. The molecule has 0 spiro atoms. The van der Waals surface area contributed by atoms with E-state index in [1.165, 1.54) is 10.8 Å². The van der Waals surface area contributed by atoms with Gasteiger partial charge in [-0.1, -0.05) is 164 Å². The maximum absolute atomic E-state index is 14.2. The fourth-order valence-electron chi connectivity index (χ4n) is 7.27. The lowest BCUT2D eigenvalue weighted by atomic mass is 9.86. The molecule has 7 aromatic carbocycles. The van der Waals surface area contributed by atoms with E-state index in [4.69, 9.17) is 9.97 Å². The highest BCUT2D eigenvalue weighted by atomic mass is 31.2. The molecule has 49 heavy (non-hydrogen) atoms. The standard InChI is InChI=1S/C45H31N2OP/c1-49(48)41-21-11-10-19-38(41)44-36(20-12-22-42(44)49)37-28-27-30-13-8-9-18-35(30)43(37)33-25-23-32(24-26-33)40-29-39(31-14-4-2-5-15-31)46-45(47-40)34-16-6-3-7-17-34/h2-29H,1H3. The van der Waals surface area contributed by atoms with Gasteiger partial charge in [0.15, 0.2) is 5.82 Å². The molecule has 1 atom stereocenters. The molecular formula is C45H31N2OP. The zero-order valence-electron chi connectivity index (χ0n) is 26.9. The van der Waals surface area contributed by atoms with Gasteiger partial charge in [-0.2, -0.15) is 0 Å². The van der Waals surface area contributed by atoms with Crippen molar-refractivity contribution in [2.24, 2.45) is 0 Å². The number of hydrogen-bond donors (Lipinski definition) is 0. The van der Waals surface area contributed by atoms with Crippen LogP contribution in [-0.2, 0) is 4.57 Å². The van der Waals surface area contributed by atoms with Gasteiger partial charge in [0.25, 0.3) is 0 Å². The van der Waals surface area contributed by atoms with E-state index in [2.05, 4.69) is 109 Å². The second kappa shape index (κ2) is 11.7. The summed E-state index contributed by atoms with van der Waals surface area (Å²) in [5, 5.41) is 4.23. The molecule has 1 unspecified atom stereocenters. The Labute approximate surface area is 286 Å². The van der Waals surface area contributed by atoms with Gasteiger partial charge in [-0.3, -0.25) is 0 Å². The quantitative estimate of drug-likeness (QED) is 0.175. The lowest BCUT2D eigenvalue weighted by Gasteiger charge is -2.18. The van der Waals surface area contributed by atoms with Crippen LogP contribution in [0.5, 0.6) is 0 Å². The first-order chi connectivity index (χ1) is 24.1. The smallest absolute Gasteiger partial charge is 0.160 e. The number of hydrogen-bond acceptors (Lipinski definition) is 3. The fourth-order valence-corrected chi connectivity index (χ4v) is 9.59. The van der Waals surface area contributed by atoms with E-state index < -0.39 is 7.14 Å². The summed E-state index contributed by atoms with van der Waals surface area (Å²) in [6, 6.07) is 58.7. The minimum absolute atomic E-state index is 0.698. The molecule has 2 heterocycles. The van der Waals surface area contributed by atoms with Crippen molar-refractivity contribution in [2.75, 3.05) is 6.66 Å². The van der Waals surface area contributed by atoms with Crippen LogP contribution in [0.15, 0.2) is 170 Å². The average Bonchev–Trinajstić information content (AvgIpc) is 3.41. The maximum Gasteiger partial charge on any atom is 0.160 e. The van der Waals surface area contributed by atoms with Gasteiger partial charge in [0.1, 0.15) is 7.14 Å². The average molecular weight is 647 g/mol. The van der Waals surface area contributed by atoms with E-state index in [9.17, 15) is 4.57 Å². The summed E-state index contributed by atoms with van der Waals surface area (Å²) in [6.45, 7) is 1.90. The maximum atomic E-state index is 14.2. The molecule has 0 amide bonds. The molecule has 0 aliphatic carbocycles.